The Morgan fingerprint density at radius 2 is 1.55 bits per heavy atom. The van der Waals surface area contributed by atoms with Crippen LogP contribution in [-0.2, 0) is 6.42 Å². The topological polar surface area (TPSA) is 0 Å². The number of rotatable bonds is 3. The Morgan fingerprint density at radius 3 is 2.20 bits per heavy atom. The van der Waals surface area contributed by atoms with Crippen molar-refractivity contribution in [3.8, 4) is 11.1 Å². The van der Waals surface area contributed by atoms with Crippen LogP contribution in [-0.4, -0.2) is 0 Å². The van der Waals surface area contributed by atoms with Gasteiger partial charge in [-0.05, 0) is 17.5 Å². The van der Waals surface area contributed by atoms with Crippen molar-refractivity contribution in [3.05, 3.63) is 59.2 Å². The summed E-state index contributed by atoms with van der Waals surface area (Å²) in [5.41, 5.74) is -0.370. The van der Waals surface area contributed by atoms with Crippen LogP contribution in [0.4, 0.5) is 17.6 Å². The summed E-state index contributed by atoms with van der Waals surface area (Å²) in [7, 11) is 0. The Morgan fingerprint density at radius 1 is 0.900 bits per heavy atom. The van der Waals surface area contributed by atoms with Crippen LogP contribution in [0.25, 0.3) is 11.1 Å². The van der Waals surface area contributed by atoms with E-state index < -0.39 is 23.3 Å². The molecule has 2 aromatic rings. The van der Waals surface area contributed by atoms with Gasteiger partial charge in [-0.15, -0.1) is 6.07 Å². The average molecular weight is 274 g/mol. The van der Waals surface area contributed by atoms with Gasteiger partial charge in [-0.2, -0.15) is 12.1 Å². The SMILES string of the molecule is CCCc1ccc(-c2cc[c-]c(F)c2F)c(F)c1F.[Li+]. The van der Waals surface area contributed by atoms with Crippen molar-refractivity contribution >= 4 is 0 Å². The van der Waals surface area contributed by atoms with Gasteiger partial charge in [0.15, 0.2) is 11.6 Å². The molecule has 0 aliphatic rings. The Kier molecular flexibility index (Phi) is 5.85. The molecule has 0 aliphatic heterocycles. The minimum absolute atomic E-state index is 0. The number of hydrogen-bond donors (Lipinski definition) is 0. The van der Waals surface area contributed by atoms with Crippen molar-refractivity contribution in [1.29, 1.82) is 0 Å². The Bertz CT molecular complexity index is 611. The Labute approximate surface area is 127 Å². The minimum atomic E-state index is -1.23. The average Bonchev–Trinajstić information content (AvgIpc) is 2.39. The molecular formula is C15H11F4Li. The standard InChI is InChI=1S/C15H11F4.Li/c1-2-4-9-7-8-11(15(19)13(9)17)10-5-3-6-12(16)14(10)18;/h3,5,7-8H,2,4H2,1H3;/q-1;+1. The second kappa shape index (κ2) is 6.96. The second-order valence-electron chi connectivity index (χ2n) is 4.17. The first kappa shape index (κ1) is 16.8. The zero-order valence-corrected chi connectivity index (χ0v) is 11.2. The second-order valence-corrected chi connectivity index (χ2v) is 4.17. The molecular weight excluding hydrogens is 263 g/mol. The number of aryl methyl sites for hydroxylation is 1. The first-order chi connectivity index (χ1) is 9.06. The summed E-state index contributed by atoms with van der Waals surface area (Å²) in [5.74, 6) is -4.61. The molecule has 0 N–H and O–H groups in total. The van der Waals surface area contributed by atoms with Crippen molar-refractivity contribution in [1.82, 2.24) is 0 Å². The zero-order chi connectivity index (χ0) is 14.0. The van der Waals surface area contributed by atoms with Crippen LogP contribution in [0.3, 0.4) is 0 Å². The van der Waals surface area contributed by atoms with Crippen molar-refractivity contribution in [2.45, 2.75) is 19.8 Å². The molecule has 0 fully saturated rings. The third kappa shape index (κ3) is 3.08. The van der Waals surface area contributed by atoms with E-state index in [1.54, 1.807) is 0 Å². The van der Waals surface area contributed by atoms with Gasteiger partial charge in [0.2, 0.25) is 0 Å². The summed E-state index contributed by atoms with van der Waals surface area (Å²) in [6.45, 7) is 1.84. The van der Waals surface area contributed by atoms with Crippen molar-refractivity contribution in [3.63, 3.8) is 0 Å². The van der Waals surface area contributed by atoms with Crippen LogP contribution in [0.5, 0.6) is 0 Å². The Hall–Kier alpha value is -1.24. The predicted octanol–water partition coefficient (Wildman–Crippen LogP) is 1.67. The molecule has 0 nitrogen and oxygen atoms in total. The van der Waals surface area contributed by atoms with Crippen molar-refractivity contribution < 1.29 is 36.4 Å². The van der Waals surface area contributed by atoms with E-state index in [1.165, 1.54) is 12.1 Å². The van der Waals surface area contributed by atoms with Crippen LogP contribution >= 0.6 is 0 Å². The largest absolute Gasteiger partial charge is 1.00 e. The summed E-state index contributed by atoms with van der Waals surface area (Å²) in [5, 5.41) is 0. The van der Waals surface area contributed by atoms with Gasteiger partial charge in [0, 0.05) is 5.82 Å². The smallest absolute Gasteiger partial charge is 0.281 e. The van der Waals surface area contributed by atoms with Crippen LogP contribution in [0.1, 0.15) is 18.9 Å². The molecule has 5 heteroatoms. The molecule has 100 valence electrons. The molecule has 0 aliphatic carbocycles. The molecule has 2 aromatic carbocycles. The van der Waals surface area contributed by atoms with Crippen LogP contribution in [0, 0.1) is 29.3 Å². The summed E-state index contributed by atoms with van der Waals surface area (Å²) < 4.78 is 54.3. The molecule has 0 spiro atoms. The van der Waals surface area contributed by atoms with Gasteiger partial charge in [-0.3, -0.25) is 4.39 Å². The first-order valence-corrected chi connectivity index (χ1v) is 5.89. The van der Waals surface area contributed by atoms with Crippen LogP contribution < -0.4 is 18.9 Å². The van der Waals surface area contributed by atoms with E-state index in [0.29, 0.717) is 12.8 Å². The van der Waals surface area contributed by atoms with Crippen molar-refractivity contribution in [2.24, 2.45) is 0 Å². The zero-order valence-electron chi connectivity index (χ0n) is 11.2. The molecule has 0 saturated carbocycles. The molecule has 0 saturated heterocycles. The molecule has 0 amide bonds. The van der Waals surface area contributed by atoms with E-state index in [2.05, 4.69) is 0 Å². The van der Waals surface area contributed by atoms with Gasteiger partial charge >= 0.3 is 18.9 Å². The van der Waals surface area contributed by atoms with Crippen LogP contribution in [0.15, 0.2) is 24.3 Å². The van der Waals surface area contributed by atoms with Gasteiger partial charge in [-0.1, -0.05) is 31.0 Å². The maximum atomic E-state index is 13.9. The molecule has 0 radical (unpaired) electrons. The molecule has 0 atom stereocenters. The fourth-order valence-electron chi connectivity index (χ4n) is 1.92. The van der Waals surface area contributed by atoms with E-state index in [9.17, 15) is 17.6 Å². The monoisotopic (exact) mass is 274 g/mol. The normalized spacial score (nSPS) is 10.2. The quantitative estimate of drug-likeness (QED) is 0.454. The summed E-state index contributed by atoms with van der Waals surface area (Å²) in [6, 6.07) is 6.97. The number of benzene rings is 2. The van der Waals surface area contributed by atoms with E-state index in [4.69, 9.17) is 0 Å². The van der Waals surface area contributed by atoms with Gasteiger partial charge in [0.05, 0.1) is 5.82 Å². The summed E-state index contributed by atoms with van der Waals surface area (Å²) in [4.78, 5) is 0. The van der Waals surface area contributed by atoms with E-state index in [-0.39, 0.29) is 35.6 Å². The molecule has 0 bridgehead atoms. The maximum absolute atomic E-state index is 13.9. The van der Waals surface area contributed by atoms with Gasteiger partial charge in [0.1, 0.15) is 0 Å². The van der Waals surface area contributed by atoms with E-state index >= 15 is 0 Å². The molecule has 0 heterocycles. The van der Waals surface area contributed by atoms with Gasteiger partial charge in [0.25, 0.3) is 0 Å². The van der Waals surface area contributed by atoms with Crippen LogP contribution in [0.2, 0.25) is 0 Å². The predicted molar refractivity (Wildman–Crippen MR) is 64.5 cm³/mol. The maximum Gasteiger partial charge on any atom is 1.00 e. The first-order valence-electron chi connectivity index (χ1n) is 5.89. The van der Waals surface area contributed by atoms with E-state index in [1.807, 2.05) is 13.0 Å². The van der Waals surface area contributed by atoms with Gasteiger partial charge in [-0.25, -0.2) is 13.2 Å². The fourth-order valence-corrected chi connectivity index (χ4v) is 1.92. The summed E-state index contributed by atoms with van der Waals surface area (Å²) >= 11 is 0. The Balaban J connectivity index is 0.00000200. The third-order valence-electron chi connectivity index (χ3n) is 2.86. The third-order valence-corrected chi connectivity index (χ3v) is 2.86. The molecule has 2 rings (SSSR count). The fraction of sp³-hybridized carbons (Fsp3) is 0.200. The number of halogens is 4. The van der Waals surface area contributed by atoms with Crippen molar-refractivity contribution in [2.75, 3.05) is 0 Å². The number of hydrogen-bond acceptors (Lipinski definition) is 0. The molecule has 20 heavy (non-hydrogen) atoms. The molecule has 0 unspecified atom stereocenters. The molecule has 0 aromatic heterocycles. The van der Waals surface area contributed by atoms with Gasteiger partial charge < -0.3 is 0 Å². The minimum Gasteiger partial charge on any atom is -0.281 e. The summed E-state index contributed by atoms with van der Waals surface area (Å²) in [6.07, 6.45) is 1.06. The van der Waals surface area contributed by atoms with E-state index in [0.717, 1.165) is 12.1 Å².